The van der Waals surface area contributed by atoms with E-state index in [2.05, 4.69) is 43.5 Å². The summed E-state index contributed by atoms with van der Waals surface area (Å²) in [6.45, 7) is 4.93. The number of aliphatic hydroxyl groups excluding tert-OH is 2. The summed E-state index contributed by atoms with van der Waals surface area (Å²) in [4.78, 5) is 24.7. The molecule has 2 atom stereocenters. The number of hydrogen-bond donors (Lipinski definition) is 3. The minimum atomic E-state index is -0.842. The Morgan fingerprint density at radius 3 is 0.848 bits per heavy atom. The molecule has 0 bridgehead atoms. The van der Waals surface area contributed by atoms with Gasteiger partial charge >= 0.3 is 5.97 Å². The van der Waals surface area contributed by atoms with Crippen LogP contribution in [0.5, 0.6) is 0 Å². The fourth-order valence-electron chi connectivity index (χ4n) is 13.5. The van der Waals surface area contributed by atoms with Crippen molar-refractivity contribution in [3.05, 3.63) is 36.5 Å². The lowest BCUT2D eigenvalue weighted by atomic mass is 10.0. The molecule has 0 heterocycles. The average molecular weight is 1290 g/mol. The van der Waals surface area contributed by atoms with Crippen LogP contribution in [-0.4, -0.2) is 47.4 Å². The van der Waals surface area contributed by atoms with Crippen LogP contribution in [0.15, 0.2) is 36.5 Å². The molecule has 0 aromatic heterocycles. The van der Waals surface area contributed by atoms with Crippen molar-refractivity contribution >= 4 is 11.9 Å². The third kappa shape index (κ3) is 77.1. The van der Waals surface area contributed by atoms with Gasteiger partial charge in [0.1, 0.15) is 0 Å². The predicted molar refractivity (Wildman–Crippen MR) is 407 cm³/mol. The molecule has 0 spiro atoms. The van der Waals surface area contributed by atoms with Gasteiger partial charge in [0.2, 0.25) is 5.91 Å². The molecule has 0 aliphatic heterocycles. The van der Waals surface area contributed by atoms with Crippen LogP contribution in [0, 0.1) is 0 Å². The Kier molecular flexibility index (Phi) is 79.8. The lowest BCUT2D eigenvalue weighted by Gasteiger charge is -2.20. The van der Waals surface area contributed by atoms with E-state index in [0.29, 0.717) is 19.4 Å². The van der Waals surface area contributed by atoms with Crippen molar-refractivity contribution in [1.29, 1.82) is 0 Å². The van der Waals surface area contributed by atoms with E-state index in [-0.39, 0.29) is 18.5 Å². The number of unbranched alkanes of at least 4 members (excludes halogenated alkanes) is 65. The molecule has 0 aliphatic carbocycles. The van der Waals surface area contributed by atoms with Crippen LogP contribution in [0.3, 0.4) is 0 Å². The summed E-state index contributed by atoms with van der Waals surface area (Å²) >= 11 is 0. The maximum Gasteiger partial charge on any atom is 0.305 e. The number of ether oxygens (including phenoxy) is 1. The monoisotopic (exact) mass is 1290 g/mol. The lowest BCUT2D eigenvalue weighted by molar-refractivity contribution is -0.143. The van der Waals surface area contributed by atoms with E-state index >= 15 is 0 Å². The summed E-state index contributed by atoms with van der Waals surface area (Å²) in [5, 5.41) is 23.3. The van der Waals surface area contributed by atoms with Crippen molar-refractivity contribution in [3.63, 3.8) is 0 Å². The highest BCUT2D eigenvalue weighted by molar-refractivity contribution is 5.76. The molecule has 0 aromatic carbocycles. The van der Waals surface area contributed by atoms with Gasteiger partial charge in [0.25, 0.3) is 0 Å². The molecule has 544 valence electrons. The zero-order chi connectivity index (χ0) is 66.3. The number of carbonyl (C=O) groups is 2. The second kappa shape index (κ2) is 81.5. The Bertz CT molecular complexity index is 1490. The van der Waals surface area contributed by atoms with Crippen molar-refractivity contribution in [2.75, 3.05) is 13.2 Å². The molecule has 0 aromatic rings. The highest BCUT2D eigenvalue weighted by atomic mass is 16.5. The highest BCUT2D eigenvalue weighted by Crippen LogP contribution is 2.20. The molecule has 1 amide bonds. The number of esters is 1. The molecule has 3 N–H and O–H groups in total. The first-order valence-corrected chi connectivity index (χ1v) is 42.3. The van der Waals surface area contributed by atoms with Crippen LogP contribution in [0.2, 0.25) is 0 Å². The summed E-state index contributed by atoms with van der Waals surface area (Å²) in [7, 11) is 0. The lowest BCUT2D eigenvalue weighted by Crippen LogP contribution is -2.45. The molecule has 0 radical (unpaired) electrons. The number of carbonyl (C=O) groups excluding carboxylic acids is 2. The summed E-state index contributed by atoms with van der Waals surface area (Å²) < 4.78 is 5.52. The van der Waals surface area contributed by atoms with Gasteiger partial charge in [0.05, 0.1) is 25.4 Å². The third-order valence-electron chi connectivity index (χ3n) is 19.9. The molecule has 6 heteroatoms. The maximum atomic E-state index is 12.6. The van der Waals surface area contributed by atoms with E-state index in [1.807, 2.05) is 6.08 Å². The van der Waals surface area contributed by atoms with E-state index in [1.54, 1.807) is 6.08 Å². The Labute approximate surface area is 576 Å². The van der Waals surface area contributed by atoms with E-state index < -0.39 is 12.1 Å². The van der Waals surface area contributed by atoms with Crippen molar-refractivity contribution in [1.82, 2.24) is 5.32 Å². The number of aliphatic hydroxyl groups is 2. The molecular formula is C86H165NO5. The van der Waals surface area contributed by atoms with Gasteiger partial charge in [0.15, 0.2) is 0 Å². The molecule has 6 nitrogen and oxygen atoms in total. The standard InChI is InChI=1S/C86H165NO5/c1-3-5-7-9-11-13-15-17-19-21-23-39-43-46-50-54-58-62-66-70-74-78-84(89)83(82-88)87-85(90)79-75-71-67-63-59-55-51-47-44-40-37-35-33-31-29-27-25-24-26-28-30-32-34-36-38-41-45-49-53-57-61-65-69-73-77-81-92-86(91)80-76-72-68-64-60-56-52-48-42-22-20-18-16-14-12-10-8-6-4-2/h12,14,18,20,74,78,83-84,88-89H,3-11,13,15-17,19,21-73,75-77,79-82H2,1-2H3,(H,87,90)/b14-12-,20-18-,78-74+. The average Bonchev–Trinajstić information content (AvgIpc) is 3.75. The largest absolute Gasteiger partial charge is 0.466 e. The molecule has 0 fully saturated rings. The van der Waals surface area contributed by atoms with Crippen molar-refractivity contribution in [3.8, 4) is 0 Å². The molecule has 0 saturated heterocycles. The van der Waals surface area contributed by atoms with Gasteiger partial charge in [0, 0.05) is 12.8 Å². The van der Waals surface area contributed by atoms with Crippen LogP contribution < -0.4 is 5.32 Å². The van der Waals surface area contributed by atoms with Crippen molar-refractivity contribution in [2.24, 2.45) is 0 Å². The Morgan fingerprint density at radius 2 is 0.543 bits per heavy atom. The zero-order valence-corrected chi connectivity index (χ0v) is 62.6. The minimum Gasteiger partial charge on any atom is -0.466 e. The second-order valence-electron chi connectivity index (χ2n) is 29.2. The minimum absolute atomic E-state index is 0.0195. The zero-order valence-electron chi connectivity index (χ0n) is 62.6. The summed E-state index contributed by atoms with van der Waals surface area (Å²) in [6, 6.07) is -0.625. The summed E-state index contributed by atoms with van der Waals surface area (Å²) in [5.41, 5.74) is 0. The number of nitrogens with one attached hydrogen (secondary N) is 1. The quantitative estimate of drug-likeness (QED) is 0.0320. The topological polar surface area (TPSA) is 95.9 Å². The van der Waals surface area contributed by atoms with Crippen molar-refractivity contribution in [2.45, 2.75) is 488 Å². The number of amides is 1. The third-order valence-corrected chi connectivity index (χ3v) is 19.9. The van der Waals surface area contributed by atoms with Gasteiger partial charge in [-0.05, 0) is 64.2 Å². The first kappa shape index (κ1) is 90.1. The smallest absolute Gasteiger partial charge is 0.305 e. The Balaban J connectivity index is 3.32. The molecule has 0 aliphatic rings. The van der Waals surface area contributed by atoms with Gasteiger partial charge in [-0.15, -0.1) is 0 Å². The molecule has 0 rings (SSSR count). The molecular weight excluding hydrogens is 1130 g/mol. The first-order valence-electron chi connectivity index (χ1n) is 42.3. The van der Waals surface area contributed by atoms with E-state index in [1.165, 1.54) is 405 Å². The molecule has 92 heavy (non-hydrogen) atoms. The van der Waals surface area contributed by atoms with E-state index in [9.17, 15) is 19.8 Å². The van der Waals surface area contributed by atoms with Gasteiger partial charge < -0.3 is 20.3 Å². The fraction of sp³-hybridized carbons (Fsp3) is 0.907. The highest BCUT2D eigenvalue weighted by Gasteiger charge is 2.18. The number of allylic oxidation sites excluding steroid dienone is 5. The summed E-state index contributed by atoms with van der Waals surface area (Å²) in [6.07, 6.45) is 107. The van der Waals surface area contributed by atoms with Crippen LogP contribution in [-0.2, 0) is 14.3 Å². The second-order valence-corrected chi connectivity index (χ2v) is 29.2. The Morgan fingerprint density at radius 1 is 0.304 bits per heavy atom. The van der Waals surface area contributed by atoms with Gasteiger partial charge in [-0.2, -0.15) is 0 Å². The van der Waals surface area contributed by atoms with Crippen molar-refractivity contribution < 1.29 is 24.5 Å². The Hall–Kier alpha value is -1.92. The maximum absolute atomic E-state index is 12.6. The van der Waals surface area contributed by atoms with Gasteiger partial charge in [-0.3, -0.25) is 9.59 Å². The van der Waals surface area contributed by atoms with Crippen LogP contribution >= 0.6 is 0 Å². The predicted octanol–water partition coefficient (Wildman–Crippen LogP) is 28.2. The number of rotatable bonds is 80. The molecule has 0 saturated carbocycles. The number of hydrogen-bond acceptors (Lipinski definition) is 5. The normalized spacial score (nSPS) is 12.6. The van der Waals surface area contributed by atoms with Crippen LogP contribution in [0.1, 0.15) is 476 Å². The SMILES string of the molecule is CCCCC/C=C\C/C=C\CCCCCCCCCCCC(=O)OCCCCCCCCCCCCCCCCCCCCCCCCCCCCCCCCCCCCCC(=O)NC(CO)C(O)/C=C/CCCCCCCCCCCCCCCCCCCCC. The van der Waals surface area contributed by atoms with Gasteiger partial charge in [-0.1, -0.05) is 436 Å². The van der Waals surface area contributed by atoms with Crippen LogP contribution in [0.25, 0.3) is 0 Å². The van der Waals surface area contributed by atoms with Gasteiger partial charge in [-0.25, -0.2) is 0 Å². The van der Waals surface area contributed by atoms with Crippen LogP contribution in [0.4, 0.5) is 0 Å². The first-order chi connectivity index (χ1) is 45.5. The van der Waals surface area contributed by atoms with E-state index in [0.717, 1.165) is 44.9 Å². The van der Waals surface area contributed by atoms with E-state index in [4.69, 9.17) is 4.74 Å². The molecule has 2 unspecified atom stereocenters. The summed E-state index contributed by atoms with van der Waals surface area (Å²) in [5.74, 6) is -0.0383. The fourth-order valence-corrected chi connectivity index (χ4v) is 13.5.